The zero-order valence-electron chi connectivity index (χ0n) is 12.4. The molecule has 4 heteroatoms. The van der Waals surface area contributed by atoms with Gasteiger partial charge in [0.25, 0.3) is 5.91 Å². The number of carbonyl (C=O) groups is 1. The Labute approximate surface area is 124 Å². The average Bonchev–Trinajstić information content (AvgIpc) is 2.47. The number of nitrogens with one attached hydrogen (secondary N) is 1. The van der Waals surface area contributed by atoms with Gasteiger partial charge in [-0.2, -0.15) is 0 Å². The second-order valence-electron chi connectivity index (χ2n) is 4.96. The number of methoxy groups -OCH3 is 1. The lowest BCUT2D eigenvalue weighted by Gasteiger charge is -2.11. The quantitative estimate of drug-likeness (QED) is 0.906. The summed E-state index contributed by atoms with van der Waals surface area (Å²) in [5, 5.41) is 12.3. The minimum atomic E-state index is -0.522. The molecule has 4 nitrogen and oxygen atoms in total. The van der Waals surface area contributed by atoms with E-state index in [1.807, 2.05) is 13.0 Å². The van der Waals surface area contributed by atoms with Crippen LogP contribution in [0.3, 0.4) is 0 Å². The maximum Gasteiger partial charge on any atom is 0.259 e. The van der Waals surface area contributed by atoms with Gasteiger partial charge in [0.15, 0.2) is 0 Å². The number of carbonyl (C=O) groups excluding carboxylic acids is 1. The minimum Gasteiger partial charge on any atom is -0.496 e. The van der Waals surface area contributed by atoms with E-state index in [9.17, 15) is 9.90 Å². The summed E-state index contributed by atoms with van der Waals surface area (Å²) in [4.78, 5) is 12.3. The van der Waals surface area contributed by atoms with Crippen LogP contribution >= 0.6 is 0 Å². The van der Waals surface area contributed by atoms with Gasteiger partial charge in [-0.05, 0) is 43.7 Å². The predicted octanol–water partition coefficient (Wildman–Crippen LogP) is 3.31. The fraction of sp³-hybridized carbons (Fsp3) is 0.235. The van der Waals surface area contributed by atoms with Gasteiger partial charge >= 0.3 is 0 Å². The second kappa shape index (κ2) is 6.41. The molecule has 0 aromatic heterocycles. The number of aryl methyl sites for hydroxylation is 1. The molecule has 0 heterocycles. The SMILES string of the molecule is COc1ccc(C)cc1C(=O)Nc1ccc(C(C)O)cc1. The van der Waals surface area contributed by atoms with Crippen molar-refractivity contribution in [3.63, 3.8) is 0 Å². The first kappa shape index (κ1) is 15.1. The van der Waals surface area contributed by atoms with Gasteiger partial charge in [-0.15, -0.1) is 0 Å². The molecule has 1 atom stereocenters. The van der Waals surface area contributed by atoms with E-state index in [0.29, 0.717) is 17.0 Å². The molecule has 0 radical (unpaired) electrons. The van der Waals surface area contributed by atoms with Crippen molar-refractivity contribution < 1.29 is 14.6 Å². The molecule has 0 fully saturated rings. The topological polar surface area (TPSA) is 58.6 Å². The minimum absolute atomic E-state index is 0.222. The molecule has 1 unspecified atom stereocenters. The third-order valence-corrected chi connectivity index (χ3v) is 3.25. The van der Waals surface area contributed by atoms with Crippen molar-refractivity contribution in [3.05, 3.63) is 59.2 Å². The number of amides is 1. The highest BCUT2D eigenvalue weighted by molar-refractivity contribution is 6.06. The molecule has 2 aromatic carbocycles. The van der Waals surface area contributed by atoms with Gasteiger partial charge in [0.1, 0.15) is 5.75 Å². The summed E-state index contributed by atoms with van der Waals surface area (Å²) < 4.78 is 5.22. The lowest BCUT2D eigenvalue weighted by Crippen LogP contribution is -2.13. The predicted molar refractivity (Wildman–Crippen MR) is 82.8 cm³/mol. The summed E-state index contributed by atoms with van der Waals surface area (Å²) >= 11 is 0. The van der Waals surface area contributed by atoms with Crippen LogP contribution < -0.4 is 10.1 Å². The van der Waals surface area contributed by atoms with Crippen molar-refractivity contribution in [1.82, 2.24) is 0 Å². The van der Waals surface area contributed by atoms with E-state index in [2.05, 4.69) is 5.32 Å². The lowest BCUT2D eigenvalue weighted by atomic mass is 10.1. The number of rotatable bonds is 4. The number of benzene rings is 2. The van der Waals surface area contributed by atoms with Gasteiger partial charge in [-0.25, -0.2) is 0 Å². The van der Waals surface area contributed by atoms with Crippen LogP contribution in [-0.2, 0) is 0 Å². The van der Waals surface area contributed by atoms with Crippen molar-refractivity contribution in [2.24, 2.45) is 0 Å². The smallest absolute Gasteiger partial charge is 0.259 e. The van der Waals surface area contributed by atoms with Gasteiger partial charge in [0.2, 0.25) is 0 Å². The molecular formula is C17H19NO3. The zero-order chi connectivity index (χ0) is 15.4. The molecule has 1 amide bonds. The van der Waals surface area contributed by atoms with Crippen LogP contribution in [0.2, 0.25) is 0 Å². The molecule has 0 aliphatic carbocycles. The van der Waals surface area contributed by atoms with Crippen LogP contribution in [0, 0.1) is 6.92 Å². The van der Waals surface area contributed by atoms with Crippen LogP contribution in [-0.4, -0.2) is 18.1 Å². The van der Waals surface area contributed by atoms with Crippen LogP contribution in [0.5, 0.6) is 5.75 Å². The lowest BCUT2D eigenvalue weighted by molar-refractivity contribution is 0.102. The Morgan fingerprint density at radius 3 is 2.43 bits per heavy atom. The first-order valence-electron chi connectivity index (χ1n) is 6.75. The summed E-state index contributed by atoms with van der Waals surface area (Å²) in [6.07, 6.45) is -0.522. The fourth-order valence-corrected chi connectivity index (χ4v) is 2.04. The van der Waals surface area contributed by atoms with Crippen LogP contribution in [0.25, 0.3) is 0 Å². The molecule has 0 spiro atoms. The van der Waals surface area contributed by atoms with Crippen molar-refractivity contribution in [2.45, 2.75) is 20.0 Å². The largest absolute Gasteiger partial charge is 0.496 e. The first-order valence-corrected chi connectivity index (χ1v) is 6.75. The van der Waals surface area contributed by atoms with Gasteiger partial charge < -0.3 is 15.2 Å². The monoisotopic (exact) mass is 285 g/mol. The molecule has 2 N–H and O–H groups in total. The maximum atomic E-state index is 12.3. The highest BCUT2D eigenvalue weighted by atomic mass is 16.5. The molecule has 21 heavy (non-hydrogen) atoms. The zero-order valence-corrected chi connectivity index (χ0v) is 12.4. The molecule has 2 rings (SSSR count). The summed E-state index contributed by atoms with van der Waals surface area (Å²) in [6, 6.07) is 12.6. The average molecular weight is 285 g/mol. The van der Waals surface area contributed by atoms with Crippen molar-refractivity contribution in [2.75, 3.05) is 12.4 Å². The van der Waals surface area contributed by atoms with Crippen molar-refractivity contribution >= 4 is 11.6 Å². The Hall–Kier alpha value is -2.33. The Morgan fingerprint density at radius 1 is 1.19 bits per heavy atom. The number of ether oxygens (including phenoxy) is 1. The van der Waals surface area contributed by atoms with E-state index in [4.69, 9.17) is 4.74 Å². The molecule has 0 bridgehead atoms. The normalized spacial score (nSPS) is 11.8. The number of hydrogen-bond acceptors (Lipinski definition) is 3. The number of aliphatic hydroxyl groups excluding tert-OH is 1. The van der Waals surface area contributed by atoms with Gasteiger partial charge in [-0.1, -0.05) is 23.8 Å². The highest BCUT2D eigenvalue weighted by Crippen LogP contribution is 2.22. The molecule has 110 valence electrons. The Kier molecular flexibility index (Phi) is 4.60. The third-order valence-electron chi connectivity index (χ3n) is 3.25. The molecular weight excluding hydrogens is 266 g/mol. The molecule has 0 saturated heterocycles. The van der Waals surface area contributed by atoms with Crippen molar-refractivity contribution in [1.29, 1.82) is 0 Å². The Morgan fingerprint density at radius 2 is 1.86 bits per heavy atom. The maximum absolute atomic E-state index is 12.3. The molecule has 0 saturated carbocycles. The number of anilines is 1. The van der Waals surface area contributed by atoms with E-state index in [-0.39, 0.29) is 5.91 Å². The summed E-state index contributed by atoms with van der Waals surface area (Å²) in [6.45, 7) is 3.62. The molecule has 2 aromatic rings. The number of hydrogen-bond donors (Lipinski definition) is 2. The Bertz CT molecular complexity index is 633. The van der Waals surface area contributed by atoms with E-state index in [1.54, 1.807) is 50.4 Å². The van der Waals surface area contributed by atoms with Gasteiger partial charge in [-0.3, -0.25) is 4.79 Å². The number of aliphatic hydroxyl groups is 1. The van der Waals surface area contributed by atoms with E-state index >= 15 is 0 Å². The fourth-order valence-electron chi connectivity index (χ4n) is 2.04. The van der Waals surface area contributed by atoms with Crippen LogP contribution in [0.1, 0.15) is 34.5 Å². The summed E-state index contributed by atoms with van der Waals surface area (Å²) in [5.41, 5.74) is 2.97. The first-order chi connectivity index (χ1) is 10.0. The third kappa shape index (κ3) is 3.61. The standard InChI is InChI=1S/C17H19NO3/c1-11-4-9-16(21-3)15(10-11)17(20)18-14-7-5-13(6-8-14)12(2)19/h4-10,12,19H,1-3H3,(H,18,20). The summed E-state index contributed by atoms with van der Waals surface area (Å²) in [7, 11) is 1.54. The van der Waals surface area contributed by atoms with E-state index < -0.39 is 6.10 Å². The van der Waals surface area contributed by atoms with E-state index in [1.165, 1.54) is 0 Å². The molecule has 0 aliphatic heterocycles. The second-order valence-corrected chi connectivity index (χ2v) is 4.96. The highest BCUT2D eigenvalue weighted by Gasteiger charge is 2.12. The molecule has 0 aliphatic rings. The van der Waals surface area contributed by atoms with Gasteiger partial charge in [0, 0.05) is 5.69 Å². The van der Waals surface area contributed by atoms with Crippen LogP contribution in [0.4, 0.5) is 5.69 Å². The summed E-state index contributed by atoms with van der Waals surface area (Å²) in [5.74, 6) is 0.319. The Balaban J connectivity index is 2.19. The van der Waals surface area contributed by atoms with E-state index in [0.717, 1.165) is 11.1 Å². The van der Waals surface area contributed by atoms with Crippen molar-refractivity contribution in [3.8, 4) is 5.75 Å². The van der Waals surface area contributed by atoms with Gasteiger partial charge in [0.05, 0.1) is 18.8 Å². The van der Waals surface area contributed by atoms with Crippen LogP contribution in [0.15, 0.2) is 42.5 Å².